The monoisotopic (exact) mass is 421 g/mol. The van der Waals surface area contributed by atoms with Crippen LogP contribution in [0.3, 0.4) is 0 Å². The first kappa shape index (κ1) is 19.1. The van der Waals surface area contributed by atoms with E-state index in [0.717, 1.165) is 12.1 Å². The second-order valence-corrected chi connectivity index (χ2v) is 9.17. The average molecular weight is 422 g/mol. The number of benzene rings is 2. The van der Waals surface area contributed by atoms with Crippen molar-refractivity contribution in [3.05, 3.63) is 65.0 Å². The van der Waals surface area contributed by atoms with Crippen molar-refractivity contribution in [2.24, 2.45) is 0 Å². The largest absolute Gasteiger partial charge is 0.508 e. The fourth-order valence-electron chi connectivity index (χ4n) is 4.38. The van der Waals surface area contributed by atoms with Gasteiger partial charge in [-0.1, -0.05) is 30.3 Å². The molecule has 3 N–H and O–H groups in total. The van der Waals surface area contributed by atoms with Crippen LogP contribution in [-0.4, -0.2) is 46.5 Å². The topological polar surface area (TPSA) is 81.7 Å². The summed E-state index contributed by atoms with van der Waals surface area (Å²) in [4.78, 5) is 28.6. The number of piperazine rings is 1. The number of fused-ring (bicyclic) bond motifs is 2. The number of aromatic hydroxyl groups is 1. The van der Waals surface area contributed by atoms with Crippen LogP contribution in [0, 0.1) is 0 Å². The molecule has 2 saturated heterocycles. The maximum Gasteiger partial charge on any atom is 0.246 e. The molecule has 154 valence electrons. The SMILES string of the molecule is O=C1N[C@H](Cc2ccc(O)cc2)C(=O)N2C[C@@H](NCc3cc4ccccc4s3)C[C@@H]12. The van der Waals surface area contributed by atoms with Crippen LogP contribution in [0.5, 0.6) is 5.75 Å². The van der Waals surface area contributed by atoms with E-state index in [9.17, 15) is 14.7 Å². The summed E-state index contributed by atoms with van der Waals surface area (Å²) < 4.78 is 1.27. The number of thiophene rings is 1. The van der Waals surface area contributed by atoms with Crippen molar-refractivity contribution in [2.75, 3.05) is 6.54 Å². The molecule has 0 radical (unpaired) electrons. The first-order valence-corrected chi connectivity index (χ1v) is 11.0. The summed E-state index contributed by atoms with van der Waals surface area (Å²) in [7, 11) is 0. The normalized spacial score (nSPS) is 23.6. The van der Waals surface area contributed by atoms with Gasteiger partial charge in [-0.3, -0.25) is 9.59 Å². The molecule has 3 heterocycles. The molecule has 5 rings (SSSR count). The molecule has 6 nitrogen and oxygen atoms in total. The standard InChI is InChI=1S/C23H23N3O3S/c27-17-7-5-14(6-8-17)9-19-23(29)26-13-16(11-20(26)22(28)25-19)24-12-18-10-15-3-1-2-4-21(15)30-18/h1-8,10,16,19-20,24,27H,9,11-13H2,(H,25,28)/t16-,19+,20-/m0/s1. The third kappa shape index (κ3) is 3.66. The van der Waals surface area contributed by atoms with Gasteiger partial charge in [-0.2, -0.15) is 0 Å². The van der Waals surface area contributed by atoms with E-state index in [1.54, 1.807) is 40.5 Å². The van der Waals surface area contributed by atoms with Crippen molar-refractivity contribution in [2.45, 2.75) is 37.5 Å². The van der Waals surface area contributed by atoms with Gasteiger partial charge in [0.25, 0.3) is 0 Å². The van der Waals surface area contributed by atoms with Gasteiger partial charge in [0.05, 0.1) is 0 Å². The molecule has 2 aliphatic rings. The molecular formula is C23H23N3O3S. The molecule has 1 aromatic heterocycles. The van der Waals surface area contributed by atoms with E-state index in [4.69, 9.17) is 0 Å². The van der Waals surface area contributed by atoms with Crippen molar-refractivity contribution in [1.82, 2.24) is 15.5 Å². The fourth-order valence-corrected chi connectivity index (χ4v) is 5.40. The van der Waals surface area contributed by atoms with Crippen LogP contribution in [0.15, 0.2) is 54.6 Å². The van der Waals surface area contributed by atoms with E-state index < -0.39 is 12.1 Å². The molecular weight excluding hydrogens is 398 g/mol. The summed E-state index contributed by atoms with van der Waals surface area (Å²) in [5.41, 5.74) is 0.906. The highest BCUT2D eigenvalue weighted by Gasteiger charge is 2.46. The minimum atomic E-state index is -0.556. The Hall–Kier alpha value is -2.90. The number of hydrogen-bond acceptors (Lipinski definition) is 5. The van der Waals surface area contributed by atoms with Gasteiger partial charge in [-0.05, 0) is 41.6 Å². The number of phenolic OH excluding ortho intramolecular Hbond substituents is 1. The van der Waals surface area contributed by atoms with Crippen LogP contribution in [0.1, 0.15) is 16.9 Å². The second kappa shape index (κ2) is 7.74. The van der Waals surface area contributed by atoms with Crippen molar-refractivity contribution < 1.29 is 14.7 Å². The third-order valence-electron chi connectivity index (χ3n) is 5.92. The lowest BCUT2D eigenvalue weighted by atomic mass is 10.0. The van der Waals surface area contributed by atoms with Crippen molar-refractivity contribution in [3.8, 4) is 5.75 Å². The van der Waals surface area contributed by atoms with Crippen LogP contribution in [-0.2, 0) is 22.6 Å². The Balaban J connectivity index is 1.23. The van der Waals surface area contributed by atoms with E-state index in [1.807, 2.05) is 12.1 Å². The number of nitrogens with one attached hydrogen (secondary N) is 2. The average Bonchev–Trinajstić information content (AvgIpc) is 3.36. The Morgan fingerprint density at radius 2 is 1.93 bits per heavy atom. The Bertz CT molecular complexity index is 1060. The molecule has 2 aliphatic heterocycles. The van der Waals surface area contributed by atoms with Crippen molar-refractivity contribution in [1.29, 1.82) is 0 Å². The molecule has 2 fully saturated rings. The predicted molar refractivity (Wildman–Crippen MR) is 116 cm³/mol. The van der Waals surface area contributed by atoms with Crippen LogP contribution < -0.4 is 10.6 Å². The minimum Gasteiger partial charge on any atom is -0.508 e. The Kier molecular flexibility index (Phi) is 4.92. The van der Waals surface area contributed by atoms with E-state index in [-0.39, 0.29) is 23.6 Å². The van der Waals surface area contributed by atoms with Gasteiger partial charge in [0.2, 0.25) is 11.8 Å². The van der Waals surface area contributed by atoms with Gasteiger partial charge in [-0.25, -0.2) is 0 Å². The summed E-state index contributed by atoms with van der Waals surface area (Å²) in [6, 6.07) is 16.4. The molecule has 0 unspecified atom stereocenters. The first-order chi connectivity index (χ1) is 14.6. The van der Waals surface area contributed by atoms with E-state index in [0.29, 0.717) is 19.4 Å². The number of phenols is 1. The van der Waals surface area contributed by atoms with Gasteiger partial charge in [0.1, 0.15) is 17.8 Å². The van der Waals surface area contributed by atoms with Gasteiger partial charge in [-0.15, -0.1) is 11.3 Å². The Labute approximate surface area is 178 Å². The molecule has 0 aliphatic carbocycles. The van der Waals surface area contributed by atoms with Gasteiger partial charge in [0, 0.05) is 35.1 Å². The van der Waals surface area contributed by atoms with Crippen LogP contribution in [0.25, 0.3) is 10.1 Å². The molecule has 2 amide bonds. The smallest absolute Gasteiger partial charge is 0.246 e. The zero-order valence-corrected chi connectivity index (χ0v) is 17.2. The number of nitrogens with zero attached hydrogens (tertiary/aromatic N) is 1. The van der Waals surface area contributed by atoms with Crippen molar-refractivity contribution in [3.63, 3.8) is 0 Å². The Morgan fingerprint density at radius 3 is 2.73 bits per heavy atom. The van der Waals surface area contributed by atoms with E-state index >= 15 is 0 Å². The number of carbonyl (C=O) groups is 2. The minimum absolute atomic E-state index is 0.0289. The van der Waals surface area contributed by atoms with Crippen LogP contribution in [0.4, 0.5) is 0 Å². The number of carbonyl (C=O) groups excluding carboxylic acids is 2. The van der Waals surface area contributed by atoms with Crippen LogP contribution in [0.2, 0.25) is 0 Å². The van der Waals surface area contributed by atoms with E-state index in [1.165, 1.54) is 15.0 Å². The lowest BCUT2D eigenvalue weighted by molar-refractivity contribution is -0.147. The molecule has 0 spiro atoms. The predicted octanol–water partition coefficient (Wildman–Crippen LogP) is 2.41. The number of amides is 2. The van der Waals surface area contributed by atoms with Crippen molar-refractivity contribution >= 4 is 33.2 Å². The summed E-state index contributed by atoms with van der Waals surface area (Å²) in [5.74, 6) is 0.0771. The molecule has 30 heavy (non-hydrogen) atoms. The number of hydrogen-bond donors (Lipinski definition) is 3. The zero-order valence-electron chi connectivity index (χ0n) is 16.4. The summed E-state index contributed by atoms with van der Waals surface area (Å²) in [6.45, 7) is 1.28. The van der Waals surface area contributed by atoms with E-state index in [2.05, 4.69) is 28.8 Å². The third-order valence-corrected chi connectivity index (χ3v) is 7.04. The molecule has 3 aromatic rings. The first-order valence-electron chi connectivity index (χ1n) is 10.2. The Morgan fingerprint density at radius 1 is 1.13 bits per heavy atom. The second-order valence-electron chi connectivity index (χ2n) is 8.00. The summed E-state index contributed by atoms with van der Waals surface area (Å²) >= 11 is 1.77. The molecule has 0 saturated carbocycles. The molecule has 0 bridgehead atoms. The fraction of sp³-hybridized carbons (Fsp3) is 0.304. The maximum atomic E-state index is 13.0. The lowest BCUT2D eigenvalue weighted by Gasteiger charge is -2.34. The molecule has 3 atom stereocenters. The highest BCUT2D eigenvalue weighted by atomic mass is 32.1. The molecule has 7 heteroatoms. The zero-order chi connectivity index (χ0) is 20.7. The van der Waals surface area contributed by atoms with Crippen LogP contribution >= 0.6 is 11.3 Å². The highest BCUT2D eigenvalue weighted by molar-refractivity contribution is 7.19. The maximum absolute atomic E-state index is 13.0. The number of rotatable bonds is 5. The summed E-state index contributed by atoms with van der Waals surface area (Å²) in [6.07, 6.45) is 1.06. The highest BCUT2D eigenvalue weighted by Crippen LogP contribution is 2.27. The van der Waals surface area contributed by atoms with Gasteiger partial charge in [0.15, 0.2) is 0 Å². The lowest BCUT2D eigenvalue weighted by Crippen LogP contribution is -2.61. The summed E-state index contributed by atoms with van der Waals surface area (Å²) in [5, 5.41) is 17.1. The quantitative estimate of drug-likeness (QED) is 0.591. The van der Waals surface area contributed by atoms with Gasteiger partial charge >= 0.3 is 0 Å². The molecule has 2 aromatic carbocycles. The van der Waals surface area contributed by atoms with Gasteiger partial charge < -0.3 is 20.6 Å².